The van der Waals surface area contributed by atoms with E-state index in [1.807, 2.05) is 0 Å². The number of rotatable bonds is 3. The Balaban J connectivity index is 2.09. The molecule has 1 amide bonds. The standard InChI is InChI=1S/C10H10ClN5O/c1-16(5-9-13-6-14-15-9)10(17)8-4-7(11)2-3-12-8/h2-4,6H,5H2,1H3,(H,13,14,15). The fourth-order valence-electron chi connectivity index (χ4n) is 1.32. The van der Waals surface area contributed by atoms with Gasteiger partial charge >= 0.3 is 0 Å². The molecule has 2 aromatic rings. The van der Waals surface area contributed by atoms with Crippen LogP contribution in [0.4, 0.5) is 0 Å². The van der Waals surface area contributed by atoms with E-state index in [2.05, 4.69) is 20.2 Å². The van der Waals surface area contributed by atoms with Crippen molar-refractivity contribution in [1.29, 1.82) is 0 Å². The molecule has 0 unspecified atom stereocenters. The number of hydrogen-bond donors (Lipinski definition) is 1. The summed E-state index contributed by atoms with van der Waals surface area (Å²) in [5.41, 5.74) is 0.305. The Labute approximate surface area is 103 Å². The molecule has 0 radical (unpaired) electrons. The van der Waals surface area contributed by atoms with E-state index in [9.17, 15) is 4.79 Å². The second-order valence-electron chi connectivity index (χ2n) is 3.45. The molecule has 0 fully saturated rings. The van der Waals surface area contributed by atoms with Crippen LogP contribution in [0.3, 0.4) is 0 Å². The zero-order chi connectivity index (χ0) is 12.3. The first-order chi connectivity index (χ1) is 8.16. The molecule has 2 aromatic heterocycles. The van der Waals surface area contributed by atoms with E-state index >= 15 is 0 Å². The number of carbonyl (C=O) groups excluding carboxylic acids is 1. The van der Waals surface area contributed by atoms with Crippen LogP contribution in [0.5, 0.6) is 0 Å². The summed E-state index contributed by atoms with van der Waals surface area (Å²) in [7, 11) is 1.66. The van der Waals surface area contributed by atoms with Crippen molar-refractivity contribution >= 4 is 17.5 Å². The van der Waals surface area contributed by atoms with Crippen LogP contribution in [0, 0.1) is 0 Å². The van der Waals surface area contributed by atoms with Crippen molar-refractivity contribution in [2.45, 2.75) is 6.54 Å². The minimum Gasteiger partial charge on any atom is -0.333 e. The molecule has 0 aliphatic carbocycles. The summed E-state index contributed by atoms with van der Waals surface area (Å²) in [5, 5.41) is 6.88. The third-order valence-electron chi connectivity index (χ3n) is 2.14. The van der Waals surface area contributed by atoms with Crippen LogP contribution in [-0.4, -0.2) is 38.0 Å². The first kappa shape index (κ1) is 11.5. The molecule has 0 saturated carbocycles. The minimum absolute atomic E-state index is 0.219. The fraction of sp³-hybridized carbons (Fsp3) is 0.200. The first-order valence-corrected chi connectivity index (χ1v) is 5.26. The molecule has 2 rings (SSSR count). The quantitative estimate of drug-likeness (QED) is 0.887. The third kappa shape index (κ3) is 2.79. The molecule has 1 N–H and O–H groups in total. The van der Waals surface area contributed by atoms with Gasteiger partial charge in [-0.1, -0.05) is 11.6 Å². The van der Waals surface area contributed by atoms with Gasteiger partial charge in [0, 0.05) is 18.3 Å². The Morgan fingerprint density at radius 1 is 1.53 bits per heavy atom. The lowest BCUT2D eigenvalue weighted by Crippen LogP contribution is -2.27. The highest BCUT2D eigenvalue weighted by Gasteiger charge is 2.14. The number of pyridine rings is 1. The lowest BCUT2D eigenvalue weighted by atomic mass is 10.3. The molecular weight excluding hydrogens is 242 g/mol. The van der Waals surface area contributed by atoms with Gasteiger partial charge in [0.2, 0.25) is 0 Å². The van der Waals surface area contributed by atoms with Crippen LogP contribution in [-0.2, 0) is 6.54 Å². The van der Waals surface area contributed by atoms with E-state index in [-0.39, 0.29) is 5.91 Å². The molecule has 0 aliphatic rings. The molecule has 0 aliphatic heterocycles. The maximum atomic E-state index is 12.0. The van der Waals surface area contributed by atoms with E-state index in [4.69, 9.17) is 11.6 Å². The topological polar surface area (TPSA) is 74.8 Å². The minimum atomic E-state index is -0.219. The van der Waals surface area contributed by atoms with Gasteiger partial charge in [0.25, 0.3) is 5.91 Å². The highest BCUT2D eigenvalue weighted by atomic mass is 35.5. The van der Waals surface area contributed by atoms with E-state index in [1.165, 1.54) is 23.5 Å². The maximum Gasteiger partial charge on any atom is 0.272 e. The third-order valence-corrected chi connectivity index (χ3v) is 2.37. The lowest BCUT2D eigenvalue weighted by molar-refractivity contribution is 0.0776. The molecule has 0 bridgehead atoms. The summed E-state index contributed by atoms with van der Waals surface area (Å²) >= 11 is 5.80. The zero-order valence-electron chi connectivity index (χ0n) is 9.09. The summed E-state index contributed by atoms with van der Waals surface area (Å²) in [4.78, 5) is 21.4. The Morgan fingerprint density at radius 2 is 2.35 bits per heavy atom. The van der Waals surface area contributed by atoms with Crippen LogP contribution < -0.4 is 0 Å². The number of nitrogens with one attached hydrogen (secondary N) is 1. The molecular formula is C10H10ClN5O. The van der Waals surface area contributed by atoms with Gasteiger partial charge in [0.15, 0.2) is 0 Å². The average molecular weight is 252 g/mol. The van der Waals surface area contributed by atoms with E-state index in [1.54, 1.807) is 13.1 Å². The number of aromatic amines is 1. The predicted octanol–water partition coefficient (Wildman–Crippen LogP) is 1.13. The first-order valence-electron chi connectivity index (χ1n) is 4.88. The summed E-state index contributed by atoms with van der Waals surface area (Å²) in [6.07, 6.45) is 2.89. The molecule has 6 nitrogen and oxygen atoms in total. The summed E-state index contributed by atoms with van der Waals surface area (Å²) in [5.74, 6) is 0.395. The second-order valence-corrected chi connectivity index (χ2v) is 3.89. The number of halogens is 1. The monoisotopic (exact) mass is 251 g/mol. The van der Waals surface area contributed by atoms with E-state index < -0.39 is 0 Å². The summed E-state index contributed by atoms with van der Waals surface area (Å²) in [6.45, 7) is 0.340. The van der Waals surface area contributed by atoms with Gasteiger partial charge in [-0.25, -0.2) is 4.98 Å². The molecule has 0 saturated heterocycles. The van der Waals surface area contributed by atoms with Gasteiger partial charge in [-0.2, -0.15) is 5.10 Å². The molecule has 0 spiro atoms. The smallest absolute Gasteiger partial charge is 0.272 e. The Morgan fingerprint density at radius 3 is 3.00 bits per heavy atom. The van der Waals surface area contributed by atoms with Crippen molar-refractivity contribution in [2.75, 3.05) is 7.05 Å². The van der Waals surface area contributed by atoms with Crippen LogP contribution >= 0.6 is 11.6 Å². The van der Waals surface area contributed by atoms with Gasteiger partial charge in [-0.15, -0.1) is 0 Å². The second kappa shape index (κ2) is 4.92. The van der Waals surface area contributed by atoms with Crippen molar-refractivity contribution in [1.82, 2.24) is 25.1 Å². The lowest BCUT2D eigenvalue weighted by Gasteiger charge is -2.14. The summed E-state index contributed by atoms with van der Waals surface area (Å²) < 4.78 is 0. The largest absolute Gasteiger partial charge is 0.333 e. The van der Waals surface area contributed by atoms with Gasteiger partial charge in [0.05, 0.1) is 6.54 Å². The van der Waals surface area contributed by atoms with Crippen molar-refractivity contribution in [2.24, 2.45) is 0 Å². The number of nitrogens with zero attached hydrogens (tertiary/aromatic N) is 4. The van der Waals surface area contributed by atoms with Gasteiger partial charge < -0.3 is 4.90 Å². The van der Waals surface area contributed by atoms with E-state index in [0.717, 1.165) is 0 Å². The average Bonchev–Trinajstić information content (AvgIpc) is 2.80. The number of carbonyl (C=O) groups is 1. The highest BCUT2D eigenvalue weighted by Crippen LogP contribution is 2.10. The molecule has 0 aromatic carbocycles. The Kier molecular flexibility index (Phi) is 3.34. The SMILES string of the molecule is CN(Cc1ncn[nH]1)C(=O)c1cc(Cl)ccn1. The number of H-pyrrole nitrogens is 1. The molecule has 17 heavy (non-hydrogen) atoms. The Hall–Kier alpha value is -1.95. The number of aromatic nitrogens is 4. The van der Waals surface area contributed by atoms with Crippen LogP contribution in [0.15, 0.2) is 24.7 Å². The zero-order valence-corrected chi connectivity index (χ0v) is 9.85. The van der Waals surface area contributed by atoms with Crippen LogP contribution in [0.2, 0.25) is 5.02 Å². The molecule has 88 valence electrons. The van der Waals surface area contributed by atoms with Crippen LogP contribution in [0.25, 0.3) is 0 Å². The fourth-order valence-corrected chi connectivity index (χ4v) is 1.48. The van der Waals surface area contributed by atoms with Crippen molar-refractivity contribution < 1.29 is 4.79 Å². The normalized spacial score (nSPS) is 10.2. The van der Waals surface area contributed by atoms with E-state index in [0.29, 0.717) is 23.1 Å². The van der Waals surface area contributed by atoms with Gasteiger partial charge in [-0.05, 0) is 12.1 Å². The number of amides is 1. The van der Waals surface area contributed by atoms with Gasteiger partial charge in [-0.3, -0.25) is 14.9 Å². The maximum absolute atomic E-state index is 12.0. The van der Waals surface area contributed by atoms with Crippen LogP contribution in [0.1, 0.15) is 16.3 Å². The summed E-state index contributed by atoms with van der Waals surface area (Å²) in [6, 6.07) is 3.15. The predicted molar refractivity (Wildman–Crippen MR) is 61.4 cm³/mol. The highest BCUT2D eigenvalue weighted by molar-refractivity contribution is 6.30. The van der Waals surface area contributed by atoms with Crippen molar-refractivity contribution in [3.63, 3.8) is 0 Å². The molecule has 0 atom stereocenters. The van der Waals surface area contributed by atoms with Gasteiger partial charge in [0.1, 0.15) is 17.8 Å². The van der Waals surface area contributed by atoms with Crippen molar-refractivity contribution in [3.8, 4) is 0 Å². The molecule has 2 heterocycles. The Bertz CT molecular complexity index is 513. The molecule has 7 heteroatoms. The number of hydrogen-bond acceptors (Lipinski definition) is 4. The van der Waals surface area contributed by atoms with Crippen molar-refractivity contribution in [3.05, 3.63) is 41.2 Å².